The number of allylic oxidation sites excluding steroid dienone is 12. The Morgan fingerprint density at radius 3 is 0.802 bits per heavy atom. The van der Waals surface area contributed by atoms with Crippen LogP contribution in [0, 0.1) is 0 Å². The maximum absolute atomic E-state index is 12.9. The molecule has 6 heteroatoms. The van der Waals surface area contributed by atoms with Gasteiger partial charge in [0.1, 0.15) is 13.2 Å². The third-order valence-corrected chi connectivity index (χ3v) is 15.7. The van der Waals surface area contributed by atoms with E-state index < -0.39 is 6.10 Å². The van der Waals surface area contributed by atoms with E-state index in [-0.39, 0.29) is 31.1 Å². The van der Waals surface area contributed by atoms with E-state index in [0.29, 0.717) is 19.3 Å². The molecule has 0 N–H and O–H groups in total. The minimum Gasteiger partial charge on any atom is -0.462 e. The summed E-state index contributed by atoms with van der Waals surface area (Å²) < 4.78 is 16.9. The van der Waals surface area contributed by atoms with Crippen LogP contribution in [0.2, 0.25) is 0 Å². The van der Waals surface area contributed by atoms with E-state index in [1.165, 1.54) is 238 Å². The van der Waals surface area contributed by atoms with Gasteiger partial charge in [-0.25, -0.2) is 0 Å². The molecule has 0 radical (unpaired) electrons. The third-order valence-electron chi connectivity index (χ3n) is 15.7. The summed E-state index contributed by atoms with van der Waals surface area (Å²) in [5, 5.41) is 0. The molecule has 6 nitrogen and oxygen atoms in total. The molecule has 0 aromatic carbocycles. The summed E-state index contributed by atoms with van der Waals surface area (Å²) in [5.74, 6) is -0.900. The fourth-order valence-corrected chi connectivity index (χ4v) is 10.4. The van der Waals surface area contributed by atoms with Crippen LogP contribution in [0.4, 0.5) is 0 Å². The first-order valence-corrected chi connectivity index (χ1v) is 35.4. The van der Waals surface area contributed by atoms with E-state index >= 15 is 0 Å². The van der Waals surface area contributed by atoms with Crippen molar-refractivity contribution in [1.82, 2.24) is 0 Å². The van der Waals surface area contributed by atoms with E-state index in [9.17, 15) is 14.4 Å². The van der Waals surface area contributed by atoms with Gasteiger partial charge < -0.3 is 14.2 Å². The van der Waals surface area contributed by atoms with Crippen LogP contribution >= 0.6 is 0 Å². The molecule has 470 valence electrons. The van der Waals surface area contributed by atoms with Gasteiger partial charge in [0, 0.05) is 19.3 Å². The van der Waals surface area contributed by atoms with Crippen LogP contribution in [0.5, 0.6) is 0 Å². The summed E-state index contributed by atoms with van der Waals surface area (Å²) >= 11 is 0. The number of ether oxygens (including phenoxy) is 3. The van der Waals surface area contributed by atoms with Crippen molar-refractivity contribution < 1.29 is 28.6 Å². The van der Waals surface area contributed by atoms with Gasteiger partial charge in [-0.3, -0.25) is 14.4 Å². The van der Waals surface area contributed by atoms with Crippen molar-refractivity contribution >= 4 is 17.9 Å². The second kappa shape index (κ2) is 69.3. The predicted molar refractivity (Wildman–Crippen MR) is 353 cm³/mol. The van der Waals surface area contributed by atoms with E-state index in [1.54, 1.807) is 0 Å². The van der Waals surface area contributed by atoms with Crippen LogP contribution in [-0.2, 0) is 28.6 Å². The van der Waals surface area contributed by atoms with Crippen LogP contribution in [-0.4, -0.2) is 37.2 Å². The van der Waals surface area contributed by atoms with Crippen LogP contribution in [0.15, 0.2) is 72.9 Å². The molecule has 1 unspecified atom stereocenters. The quantitative estimate of drug-likeness (QED) is 0.0261. The highest BCUT2D eigenvalue weighted by molar-refractivity contribution is 5.71. The standard InChI is InChI=1S/C75H134O6/c1-4-7-10-13-16-19-22-25-27-29-31-32-33-34-35-36-37-38-39-40-41-42-44-45-47-50-53-56-59-62-65-68-74(77)80-71-72(70-79-73(76)67-64-61-58-55-52-49-24-21-18-15-12-9-6-3)81-75(78)69-66-63-60-57-54-51-48-46-43-30-28-26-23-20-17-14-11-8-5-2/h9,12,17-18,20-21,26,28-29,31,49,52,72H,4-8,10-11,13-16,19,22-25,27,30,32-48,50-51,53-71H2,1-3H3/b12-9-,20-17-,21-18-,28-26-,31-29-,52-49-. The number of carbonyl (C=O) groups is 3. The fraction of sp³-hybridized carbons (Fsp3) is 0.800. The van der Waals surface area contributed by atoms with Crippen LogP contribution < -0.4 is 0 Å². The molecule has 0 rings (SSSR count). The largest absolute Gasteiger partial charge is 0.462 e. The lowest BCUT2D eigenvalue weighted by Gasteiger charge is -2.18. The Morgan fingerprint density at radius 2 is 0.481 bits per heavy atom. The van der Waals surface area contributed by atoms with Crippen LogP contribution in [0.25, 0.3) is 0 Å². The Kier molecular flexibility index (Phi) is 66.6. The number of esters is 3. The zero-order chi connectivity index (χ0) is 58.5. The van der Waals surface area contributed by atoms with Crippen molar-refractivity contribution in [2.75, 3.05) is 13.2 Å². The minimum atomic E-state index is -0.790. The van der Waals surface area contributed by atoms with Crippen molar-refractivity contribution in [3.63, 3.8) is 0 Å². The first-order valence-electron chi connectivity index (χ1n) is 35.4. The number of hydrogen-bond acceptors (Lipinski definition) is 6. The first-order chi connectivity index (χ1) is 40.0. The molecule has 0 amide bonds. The Labute approximate surface area is 503 Å². The van der Waals surface area contributed by atoms with Crippen molar-refractivity contribution in [3.05, 3.63) is 72.9 Å². The number of unbranched alkanes of at least 4 members (excludes halogenated alkanes) is 42. The van der Waals surface area contributed by atoms with Crippen LogP contribution in [0.1, 0.15) is 367 Å². The van der Waals surface area contributed by atoms with E-state index in [1.807, 2.05) is 0 Å². The average Bonchev–Trinajstić information content (AvgIpc) is 3.46. The molecular formula is C75H134O6. The molecule has 0 aromatic heterocycles. The van der Waals surface area contributed by atoms with Gasteiger partial charge in [0.15, 0.2) is 6.10 Å². The highest BCUT2D eigenvalue weighted by atomic mass is 16.6. The van der Waals surface area contributed by atoms with E-state index in [4.69, 9.17) is 14.2 Å². The lowest BCUT2D eigenvalue weighted by atomic mass is 10.0. The lowest BCUT2D eigenvalue weighted by Crippen LogP contribution is -2.30. The highest BCUT2D eigenvalue weighted by Gasteiger charge is 2.19. The molecule has 81 heavy (non-hydrogen) atoms. The molecule has 0 saturated heterocycles. The van der Waals surface area contributed by atoms with Crippen molar-refractivity contribution in [2.24, 2.45) is 0 Å². The number of hydrogen-bond donors (Lipinski definition) is 0. The summed E-state index contributed by atoms with van der Waals surface area (Å²) in [7, 11) is 0. The maximum Gasteiger partial charge on any atom is 0.306 e. The van der Waals surface area contributed by atoms with Crippen molar-refractivity contribution in [3.8, 4) is 0 Å². The minimum absolute atomic E-state index is 0.0836. The summed E-state index contributed by atoms with van der Waals surface area (Å²) in [6.07, 6.45) is 90.9. The molecule has 0 aliphatic carbocycles. The Balaban J connectivity index is 4.19. The summed E-state index contributed by atoms with van der Waals surface area (Å²) in [4.78, 5) is 38.4. The number of rotatable bonds is 65. The van der Waals surface area contributed by atoms with E-state index in [0.717, 1.165) is 89.9 Å². The molecule has 0 saturated carbocycles. The normalized spacial score (nSPS) is 12.5. The molecular weight excluding hydrogens is 997 g/mol. The molecule has 0 aliphatic heterocycles. The molecule has 0 aromatic rings. The highest BCUT2D eigenvalue weighted by Crippen LogP contribution is 2.18. The third kappa shape index (κ3) is 67.5. The van der Waals surface area contributed by atoms with Gasteiger partial charge in [-0.05, 0) is 109 Å². The van der Waals surface area contributed by atoms with Gasteiger partial charge in [0.2, 0.25) is 0 Å². The van der Waals surface area contributed by atoms with Crippen molar-refractivity contribution in [2.45, 2.75) is 374 Å². The van der Waals surface area contributed by atoms with Gasteiger partial charge in [0.05, 0.1) is 0 Å². The summed E-state index contributed by atoms with van der Waals surface area (Å²) in [5.41, 5.74) is 0. The zero-order valence-corrected chi connectivity index (χ0v) is 54.1. The van der Waals surface area contributed by atoms with Crippen molar-refractivity contribution in [1.29, 1.82) is 0 Å². The molecule has 0 fully saturated rings. The van der Waals surface area contributed by atoms with Crippen LogP contribution in [0.3, 0.4) is 0 Å². The molecule has 0 aliphatic rings. The SMILES string of the molecule is CC/C=C\C/C=C\C/C=C\CCCCCC(=O)OCC(COC(=O)CCCCCCCCCCCCCCCCCCCCC/C=C\CCCCCCCCCC)OC(=O)CCCCCCCCCCC/C=C\C/C=C\CCCCC. The first kappa shape index (κ1) is 77.9. The lowest BCUT2D eigenvalue weighted by molar-refractivity contribution is -0.167. The Bertz CT molecular complexity index is 1490. The molecule has 0 heterocycles. The van der Waals surface area contributed by atoms with Gasteiger partial charge >= 0.3 is 17.9 Å². The second-order valence-corrected chi connectivity index (χ2v) is 23.8. The molecule has 0 bridgehead atoms. The molecule has 0 spiro atoms. The number of carbonyl (C=O) groups excluding carboxylic acids is 3. The summed E-state index contributed by atoms with van der Waals surface area (Å²) in [6.45, 7) is 6.52. The topological polar surface area (TPSA) is 78.9 Å². The second-order valence-electron chi connectivity index (χ2n) is 23.8. The smallest absolute Gasteiger partial charge is 0.306 e. The summed E-state index contributed by atoms with van der Waals surface area (Å²) in [6, 6.07) is 0. The van der Waals surface area contributed by atoms with Gasteiger partial charge in [0.25, 0.3) is 0 Å². The van der Waals surface area contributed by atoms with Gasteiger partial charge in [-0.2, -0.15) is 0 Å². The van der Waals surface area contributed by atoms with E-state index in [2.05, 4.69) is 93.7 Å². The molecule has 1 atom stereocenters. The van der Waals surface area contributed by atoms with Gasteiger partial charge in [-0.15, -0.1) is 0 Å². The zero-order valence-electron chi connectivity index (χ0n) is 54.1. The Morgan fingerprint density at radius 1 is 0.259 bits per heavy atom. The average molecular weight is 1130 g/mol. The van der Waals surface area contributed by atoms with Gasteiger partial charge in [-0.1, -0.05) is 312 Å². The Hall–Kier alpha value is -3.15. The monoisotopic (exact) mass is 1130 g/mol. The maximum atomic E-state index is 12.9. The predicted octanol–water partition coefficient (Wildman–Crippen LogP) is 24.4. The fourth-order valence-electron chi connectivity index (χ4n) is 10.4.